The minimum atomic E-state index is -1.10. The molecule has 1 aromatic heterocycles. The summed E-state index contributed by atoms with van der Waals surface area (Å²) in [6.07, 6.45) is 0. The minimum Gasteiger partial charge on any atom is -0.462 e. The molecule has 1 aliphatic carbocycles. The third-order valence-electron chi connectivity index (χ3n) is 6.38. The van der Waals surface area contributed by atoms with E-state index >= 15 is 0 Å². The van der Waals surface area contributed by atoms with Crippen LogP contribution in [0.15, 0.2) is 64.6 Å². The number of hydrogen-bond donors (Lipinski definition) is 0. The van der Waals surface area contributed by atoms with Gasteiger partial charge in [-0.25, -0.2) is 0 Å². The van der Waals surface area contributed by atoms with Crippen LogP contribution in [0, 0.1) is 13.8 Å². The molecule has 0 radical (unpaired) electrons. The summed E-state index contributed by atoms with van der Waals surface area (Å²) in [5.74, 6) is 2.31. The summed E-state index contributed by atoms with van der Waals surface area (Å²) >= 11 is 0. The standard InChI is InChI=1S/C14H11.C11H14OSi.Zr/c1-10-8-12-7-6-11-4-2-3-5-13(11)14(12)9-10;1-6-5-8-9(12-6)11-7(2)10(8)13(11,3)4;/h2-9H,1H3;5,10H,1-4H3;/q-1;;. The maximum Gasteiger partial charge on any atom is 0.129 e. The Kier molecular flexibility index (Phi) is 4.75. The van der Waals surface area contributed by atoms with E-state index in [4.69, 9.17) is 4.42 Å². The van der Waals surface area contributed by atoms with Crippen molar-refractivity contribution in [2.24, 2.45) is 0 Å². The molecule has 0 saturated carbocycles. The van der Waals surface area contributed by atoms with E-state index in [1.54, 1.807) is 10.8 Å². The fourth-order valence-corrected chi connectivity index (χ4v) is 9.63. The molecule has 140 valence electrons. The Morgan fingerprint density at radius 1 is 0.929 bits per heavy atom. The van der Waals surface area contributed by atoms with Crippen molar-refractivity contribution in [3.05, 3.63) is 82.8 Å². The SMILES string of the molecule is CC1=C2c3oc(C)cc3C1[Si]2(C)C.Cc1cc2c(ccc3ccccc32)[cH-]1.[Zr]. The number of hydrogen-bond acceptors (Lipinski definition) is 1. The van der Waals surface area contributed by atoms with Gasteiger partial charge in [-0.3, -0.25) is 0 Å². The normalized spacial score (nSPS) is 18.4. The molecular weight excluding hydrogens is 436 g/mol. The third-order valence-corrected chi connectivity index (χ3v) is 10.5. The van der Waals surface area contributed by atoms with Crippen molar-refractivity contribution >= 4 is 34.8 Å². The molecule has 0 saturated heterocycles. The van der Waals surface area contributed by atoms with Gasteiger partial charge in [0.05, 0.1) is 8.07 Å². The summed E-state index contributed by atoms with van der Waals surface area (Å²) < 4.78 is 5.76. The summed E-state index contributed by atoms with van der Waals surface area (Å²) in [4.78, 5) is 0. The van der Waals surface area contributed by atoms with Crippen LogP contribution in [0.5, 0.6) is 0 Å². The van der Waals surface area contributed by atoms with Crippen LogP contribution < -0.4 is 0 Å². The van der Waals surface area contributed by atoms with E-state index in [0.717, 1.165) is 11.3 Å². The van der Waals surface area contributed by atoms with Gasteiger partial charge in [0, 0.05) is 37.3 Å². The van der Waals surface area contributed by atoms with E-state index in [1.165, 1.54) is 38.4 Å². The molecule has 2 bridgehead atoms. The fraction of sp³-hybridized carbons (Fsp3) is 0.240. The second kappa shape index (κ2) is 6.75. The van der Waals surface area contributed by atoms with Crippen molar-refractivity contribution in [2.75, 3.05) is 0 Å². The van der Waals surface area contributed by atoms with Gasteiger partial charge in [0.1, 0.15) is 11.5 Å². The van der Waals surface area contributed by atoms with Gasteiger partial charge in [-0.2, -0.15) is 6.07 Å². The van der Waals surface area contributed by atoms with Gasteiger partial charge in [-0.05, 0) is 30.5 Å². The summed E-state index contributed by atoms with van der Waals surface area (Å²) in [6, 6.07) is 19.7. The number of furan rings is 1. The zero-order valence-electron chi connectivity index (χ0n) is 17.2. The van der Waals surface area contributed by atoms with Gasteiger partial charge in [0.25, 0.3) is 0 Å². The molecular formula is C25H25OSiZr-. The molecule has 28 heavy (non-hydrogen) atoms. The largest absolute Gasteiger partial charge is 0.462 e. The van der Waals surface area contributed by atoms with Crippen molar-refractivity contribution in [1.82, 2.24) is 0 Å². The molecule has 1 atom stereocenters. The van der Waals surface area contributed by atoms with Gasteiger partial charge in [-0.15, -0.1) is 28.5 Å². The number of benzene rings is 2. The Morgan fingerprint density at radius 2 is 1.68 bits per heavy atom. The third kappa shape index (κ3) is 2.70. The Balaban J connectivity index is 0.000000133. The predicted octanol–water partition coefficient (Wildman–Crippen LogP) is 7.28. The molecule has 0 fully saturated rings. The molecule has 2 aliphatic heterocycles. The minimum absolute atomic E-state index is 0. The first-order chi connectivity index (χ1) is 12.9. The number of aryl methyl sites for hydroxylation is 2. The average Bonchev–Trinajstić information content (AvgIpc) is 3.29. The van der Waals surface area contributed by atoms with E-state index in [2.05, 4.69) is 81.5 Å². The van der Waals surface area contributed by atoms with Crippen LogP contribution in [0.4, 0.5) is 0 Å². The fourth-order valence-electron chi connectivity index (χ4n) is 5.41. The molecule has 0 spiro atoms. The Morgan fingerprint density at radius 3 is 2.39 bits per heavy atom. The van der Waals surface area contributed by atoms with Crippen LogP contribution in [0.3, 0.4) is 0 Å². The van der Waals surface area contributed by atoms with Crippen molar-refractivity contribution in [3.8, 4) is 0 Å². The first-order valence-corrected chi connectivity index (χ1v) is 12.8. The Bertz CT molecular complexity index is 1240. The molecule has 0 N–H and O–H groups in total. The second-order valence-electron chi connectivity index (χ2n) is 8.68. The first-order valence-electron chi connectivity index (χ1n) is 9.74. The van der Waals surface area contributed by atoms with Crippen molar-refractivity contribution in [1.29, 1.82) is 0 Å². The Labute approximate surface area is 186 Å². The van der Waals surface area contributed by atoms with Crippen molar-refractivity contribution in [2.45, 2.75) is 39.4 Å². The molecule has 3 heterocycles. The van der Waals surface area contributed by atoms with Crippen molar-refractivity contribution < 1.29 is 30.6 Å². The van der Waals surface area contributed by atoms with Gasteiger partial charge < -0.3 is 4.42 Å². The zero-order chi connectivity index (χ0) is 18.9. The molecule has 7 rings (SSSR count). The van der Waals surface area contributed by atoms with E-state index in [-0.39, 0.29) is 26.2 Å². The molecule has 3 aromatic carbocycles. The molecule has 1 unspecified atom stereocenters. The topological polar surface area (TPSA) is 13.1 Å². The van der Waals surface area contributed by atoms with E-state index in [0.29, 0.717) is 0 Å². The smallest absolute Gasteiger partial charge is 0.129 e. The van der Waals surface area contributed by atoms with Gasteiger partial charge >= 0.3 is 0 Å². The quantitative estimate of drug-likeness (QED) is 0.198. The Hall–Kier alpha value is -1.57. The second-order valence-corrected chi connectivity index (χ2v) is 13.2. The zero-order valence-corrected chi connectivity index (χ0v) is 20.6. The average molecular weight is 461 g/mol. The first kappa shape index (κ1) is 19.7. The predicted molar refractivity (Wildman–Crippen MR) is 118 cm³/mol. The maximum atomic E-state index is 5.76. The number of allylic oxidation sites excluding steroid dienone is 1. The van der Waals surface area contributed by atoms with E-state index in [9.17, 15) is 0 Å². The van der Waals surface area contributed by atoms with Crippen LogP contribution >= 0.6 is 0 Å². The molecule has 1 nitrogen and oxygen atoms in total. The monoisotopic (exact) mass is 459 g/mol. The van der Waals surface area contributed by atoms with Crippen LogP contribution in [0.25, 0.3) is 26.7 Å². The van der Waals surface area contributed by atoms with Crippen LogP contribution in [0.1, 0.15) is 35.1 Å². The van der Waals surface area contributed by atoms with E-state index < -0.39 is 8.07 Å². The van der Waals surface area contributed by atoms with Crippen molar-refractivity contribution in [3.63, 3.8) is 0 Å². The van der Waals surface area contributed by atoms with Gasteiger partial charge in [0.2, 0.25) is 0 Å². The molecule has 0 amide bonds. The van der Waals surface area contributed by atoms with Crippen LogP contribution in [-0.2, 0) is 26.2 Å². The maximum absolute atomic E-state index is 5.76. The summed E-state index contributed by atoms with van der Waals surface area (Å²) in [5, 5.41) is 7.01. The summed E-state index contributed by atoms with van der Waals surface area (Å²) in [6.45, 7) is 11.4. The molecule has 3 aliphatic rings. The van der Waals surface area contributed by atoms with Gasteiger partial charge in [-0.1, -0.05) is 61.3 Å². The summed E-state index contributed by atoms with van der Waals surface area (Å²) in [7, 11) is -1.10. The van der Waals surface area contributed by atoms with E-state index in [1.807, 2.05) is 6.92 Å². The number of fused-ring (bicyclic) bond motifs is 3. The molecule has 4 aromatic rings. The molecule has 3 heteroatoms. The van der Waals surface area contributed by atoms with Crippen LogP contribution in [-0.4, -0.2) is 8.07 Å². The van der Waals surface area contributed by atoms with Gasteiger partial charge in [0.15, 0.2) is 0 Å². The van der Waals surface area contributed by atoms with Crippen LogP contribution in [0.2, 0.25) is 13.1 Å². The number of rotatable bonds is 0. The summed E-state index contributed by atoms with van der Waals surface area (Å²) in [5.41, 5.74) is 5.19.